The Morgan fingerprint density at radius 3 is 2.12 bits per heavy atom. The zero-order valence-electron chi connectivity index (χ0n) is 17.0. The maximum atomic E-state index is 13.9. The number of carbonyl (C=O) groups is 3. The molecule has 0 N–H and O–H groups in total. The van der Waals surface area contributed by atoms with E-state index < -0.39 is 39.9 Å². The maximum Gasteiger partial charge on any atom is 0.271 e. The Hall–Kier alpha value is -3.84. The molecule has 162 valence electrons. The van der Waals surface area contributed by atoms with Crippen LogP contribution in [0.3, 0.4) is 0 Å². The van der Waals surface area contributed by atoms with E-state index in [1.807, 2.05) is 48.5 Å². The molecule has 8 heteroatoms. The summed E-state index contributed by atoms with van der Waals surface area (Å²) < 4.78 is 0. The van der Waals surface area contributed by atoms with Gasteiger partial charge in [-0.25, -0.2) is 4.90 Å². The molecule has 3 aromatic carbocycles. The smallest absolute Gasteiger partial charge is 0.271 e. The van der Waals surface area contributed by atoms with Gasteiger partial charge in [-0.15, -0.1) is 0 Å². The van der Waals surface area contributed by atoms with Crippen molar-refractivity contribution < 1.29 is 19.3 Å². The number of benzene rings is 3. The third-order valence-corrected chi connectivity index (χ3v) is 7.57. The normalized spacial score (nSPS) is 26.6. The van der Waals surface area contributed by atoms with E-state index in [2.05, 4.69) is 0 Å². The van der Waals surface area contributed by atoms with Crippen LogP contribution in [0.25, 0.3) is 0 Å². The lowest BCUT2D eigenvalue weighted by atomic mass is 9.48. The number of hydrogen-bond donors (Lipinski definition) is 0. The van der Waals surface area contributed by atoms with E-state index in [1.54, 1.807) is 0 Å². The van der Waals surface area contributed by atoms with Crippen molar-refractivity contribution in [2.24, 2.45) is 11.8 Å². The fourth-order valence-corrected chi connectivity index (χ4v) is 6.26. The molecule has 4 aliphatic rings. The molecule has 7 nitrogen and oxygen atoms in total. The topological polar surface area (TPSA) is 97.6 Å². The van der Waals surface area contributed by atoms with E-state index >= 15 is 0 Å². The number of nitro groups is 1. The summed E-state index contributed by atoms with van der Waals surface area (Å²) in [5.41, 5.74) is 1.47. The molecule has 0 saturated carbocycles. The lowest BCUT2D eigenvalue weighted by Crippen LogP contribution is -2.54. The predicted molar refractivity (Wildman–Crippen MR) is 119 cm³/mol. The van der Waals surface area contributed by atoms with Crippen molar-refractivity contribution in [1.29, 1.82) is 0 Å². The number of amides is 2. The summed E-state index contributed by atoms with van der Waals surface area (Å²) >= 11 is 6.31. The Morgan fingerprint density at radius 2 is 1.55 bits per heavy atom. The summed E-state index contributed by atoms with van der Waals surface area (Å²) in [4.78, 5) is 52.3. The van der Waals surface area contributed by atoms with Gasteiger partial charge in [0.05, 0.1) is 32.9 Å². The first-order valence-electron chi connectivity index (χ1n) is 10.4. The van der Waals surface area contributed by atoms with Crippen LogP contribution < -0.4 is 4.90 Å². The molecule has 33 heavy (non-hydrogen) atoms. The number of imide groups is 1. The second-order valence-corrected chi connectivity index (χ2v) is 8.95. The second-order valence-electron chi connectivity index (χ2n) is 8.55. The molecule has 0 radical (unpaired) electrons. The first-order chi connectivity index (χ1) is 15.9. The van der Waals surface area contributed by atoms with Crippen molar-refractivity contribution in [3.05, 3.63) is 104 Å². The molecule has 1 saturated heterocycles. The standard InChI is InChI=1S/C25H15ClN2O5/c26-18-10-9-13(28(32)33)11-19(18)27-23(30)21-20-14-5-1-3-7-16(14)25(12-29,22(21)24(27)31)17-8-4-2-6-15(17)20/h1-12,20-22H/t20?,21-,22-,25?/m1/s1. The third kappa shape index (κ3) is 2.27. The van der Waals surface area contributed by atoms with Gasteiger partial charge in [0.15, 0.2) is 0 Å². The number of halogens is 1. The monoisotopic (exact) mass is 458 g/mol. The average molecular weight is 459 g/mol. The molecule has 1 fully saturated rings. The Labute approximate surface area is 192 Å². The van der Waals surface area contributed by atoms with Gasteiger partial charge in [-0.05, 0) is 28.3 Å². The number of carbonyl (C=O) groups excluding carboxylic acids is 3. The van der Waals surface area contributed by atoms with Crippen molar-refractivity contribution in [2.45, 2.75) is 11.3 Å². The van der Waals surface area contributed by atoms with Gasteiger partial charge in [-0.1, -0.05) is 60.1 Å². The molecule has 0 spiro atoms. The first-order valence-corrected chi connectivity index (χ1v) is 10.8. The zero-order valence-corrected chi connectivity index (χ0v) is 17.7. The van der Waals surface area contributed by atoms with Crippen molar-refractivity contribution in [3.63, 3.8) is 0 Å². The summed E-state index contributed by atoms with van der Waals surface area (Å²) in [6.07, 6.45) is 0.779. The lowest BCUT2D eigenvalue weighted by molar-refractivity contribution is -0.384. The first kappa shape index (κ1) is 19.8. The van der Waals surface area contributed by atoms with Gasteiger partial charge in [0.1, 0.15) is 6.29 Å². The molecule has 2 atom stereocenters. The molecular formula is C25H15ClN2O5. The Balaban J connectivity index is 1.63. The molecule has 3 aliphatic carbocycles. The number of hydrogen-bond acceptors (Lipinski definition) is 5. The van der Waals surface area contributed by atoms with Crippen LogP contribution in [-0.4, -0.2) is 23.0 Å². The van der Waals surface area contributed by atoms with Crippen molar-refractivity contribution in [1.82, 2.24) is 0 Å². The van der Waals surface area contributed by atoms with Crippen LogP contribution in [0, 0.1) is 22.0 Å². The van der Waals surface area contributed by atoms with Crippen LogP contribution in [0.15, 0.2) is 66.7 Å². The number of nitrogens with zero attached hydrogens (tertiary/aromatic N) is 2. The van der Waals surface area contributed by atoms with Gasteiger partial charge in [0.2, 0.25) is 11.8 Å². The molecule has 7 rings (SSSR count). The molecular weight excluding hydrogens is 444 g/mol. The molecule has 1 heterocycles. The van der Waals surface area contributed by atoms with Gasteiger partial charge >= 0.3 is 0 Å². The molecule has 3 aromatic rings. The summed E-state index contributed by atoms with van der Waals surface area (Å²) in [6.45, 7) is 0. The van der Waals surface area contributed by atoms with E-state index in [4.69, 9.17) is 11.6 Å². The average Bonchev–Trinajstić information content (AvgIpc) is 3.10. The fourth-order valence-electron chi connectivity index (χ4n) is 6.05. The minimum atomic E-state index is -1.33. The second kappa shape index (κ2) is 6.59. The highest BCUT2D eigenvalue weighted by Crippen LogP contribution is 2.63. The van der Waals surface area contributed by atoms with Crippen LogP contribution in [0.2, 0.25) is 5.02 Å². The van der Waals surface area contributed by atoms with Crippen molar-refractivity contribution in [3.8, 4) is 0 Å². The number of non-ortho nitro benzene ring substituents is 1. The highest BCUT2D eigenvalue weighted by atomic mass is 35.5. The summed E-state index contributed by atoms with van der Waals surface area (Å²) in [5, 5.41) is 11.4. The predicted octanol–water partition coefficient (Wildman–Crippen LogP) is 4.00. The van der Waals surface area contributed by atoms with Gasteiger partial charge in [-0.2, -0.15) is 0 Å². The Kier molecular flexibility index (Phi) is 3.95. The van der Waals surface area contributed by atoms with Gasteiger partial charge in [0, 0.05) is 18.1 Å². The number of rotatable bonds is 3. The highest BCUT2D eigenvalue weighted by Gasteiger charge is 2.68. The van der Waals surface area contributed by atoms with E-state index in [-0.39, 0.29) is 16.4 Å². The Bertz CT molecular complexity index is 1370. The minimum absolute atomic E-state index is 0.0381. The van der Waals surface area contributed by atoms with Crippen molar-refractivity contribution >= 4 is 41.1 Å². The van der Waals surface area contributed by atoms with Crippen LogP contribution in [0.5, 0.6) is 0 Å². The van der Waals surface area contributed by atoms with E-state index in [0.29, 0.717) is 0 Å². The summed E-state index contributed by atoms with van der Waals surface area (Å²) in [7, 11) is 0. The van der Waals surface area contributed by atoms with Crippen molar-refractivity contribution in [2.75, 3.05) is 4.90 Å². The lowest BCUT2D eigenvalue weighted by Gasteiger charge is -2.51. The zero-order chi connectivity index (χ0) is 23.1. The number of nitro benzene ring substituents is 1. The molecule has 2 bridgehead atoms. The minimum Gasteiger partial charge on any atom is -0.302 e. The quantitative estimate of drug-likeness (QED) is 0.256. The van der Waals surface area contributed by atoms with Crippen LogP contribution in [-0.2, 0) is 19.8 Å². The van der Waals surface area contributed by atoms with E-state index in [1.165, 1.54) is 12.1 Å². The number of anilines is 1. The fraction of sp³-hybridized carbons (Fsp3) is 0.160. The Morgan fingerprint density at radius 1 is 0.939 bits per heavy atom. The van der Waals surface area contributed by atoms with Gasteiger partial charge < -0.3 is 4.79 Å². The van der Waals surface area contributed by atoms with Crippen LogP contribution in [0.1, 0.15) is 28.2 Å². The molecule has 0 aromatic heterocycles. The van der Waals surface area contributed by atoms with Crippen LogP contribution >= 0.6 is 11.6 Å². The molecule has 0 unspecified atom stereocenters. The molecule has 1 aliphatic heterocycles. The van der Waals surface area contributed by atoms with Crippen LogP contribution in [0.4, 0.5) is 11.4 Å². The van der Waals surface area contributed by atoms with E-state index in [9.17, 15) is 24.5 Å². The van der Waals surface area contributed by atoms with E-state index in [0.717, 1.165) is 39.5 Å². The maximum absolute atomic E-state index is 13.9. The largest absolute Gasteiger partial charge is 0.302 e. The highest BCUT2D eigenvalue weighted by molar-refractivity contribution is 6.36. The van der Waals surface area contributed by atoms with Gasteiger partial charge in [-0.3, -0.25) is 19.7 Å². The SMILES string of the molecule is O=CC12c3ccccc3C(c3ccccc31)[C@H]1C(=O)N(c3cc([N+](=O)[O-])ccc3Cl)C(=O)[C@@H]12. The number of aldehydes is 1. The summed E-state index contributed by atoms with van der Waals surface area (Å²) in [6, 6.07) is 18.4. The molecule has 2 amide bonds. The summed E-state index contributed by atoms with van der Waals surface area (Å²) in [5.74, 6) is -3.28. The van der Waals surface area contributed by atoms with Gasteiger partial charge in [0.25, 0.3) is 5.69 Å². The third-order valence-electron chi connectivity index (χ3n) is 7.25.